The van der Waals surface area contributed by atoms with Gasteiger partial charge in [-0.15, -0.1) is 0 Å². The Kier molecular flexibility index (Phi) is 6.89. The molecule has 3 aromatic rings. The average Bonchev–Trinajstić information content (AvgIpc) is 2.83. The van der Waals surface area contributed by atoms with Gasteiger partial charge in [-0.3, -0.25) is 9.69 Å². The van der Waals surface area contributed by atoms with Crippen LogP contribution in [-0.2, 0) is 6.54 Å². The van der Waals surface area contributed by atoms with Crippen LogP contribution in [0.1, 0.15) is 28.8 Å². The van der Waals surface area contributed by atoms with Crippen LogP contribution in [0.2, 0.25) is 0 Å². The van der Waals surface area contributed by atoms with Crippen molar-refractivity contribution in [3.05, 3.63) is 89.5 Å². The lowest BCUT2D eigenvalue weighted by Gasteiger charge is -2.38. The molecule has 1 fully saturated rings. The van der Waals surface area contributed by atoms with E-state index in [1.54, 1.807) is 35.2 Å². The number of piperidine rings is 1. The van der Waals surface area contributed by atoms with Crippen molar-refractivity contribution in [2.45, 2.75) is 25.4 Å². The molecule has 0 aliphatic carbocycles. The van der Waals surface area contributed by atoms with Crippen molar-refractivity contribution in [1.82, 2.24) is 4.90 Å². The SMILES string of the molecule is COc1cc(CN2CCC(N(C(=O)c3ccccc3F)c3ccc(F)cc3)CC2)ccc1O. The van der Waals surface area contributed by atoms with Crippen molar-refractivity contribution in [2.24, 2.45) is 0 Å². The van der Waals surface area contributed by atoms with E-state index in [0.717, 1.165) is 18.7 Å². The van der Waals surface area contributed by atoms with Crippen LogP contribution in [0.15, 0.2) is 66.7 Å². The Labute approximate surface area is 191 Å². The number of benzene rings is 3. The predicted molar refractivity (Wildman–Crippen MR) is 123 cm³/mol. The number of ether oxygens (including phenoxy) is 1. The molecule has 0 radical (unpaired) electrons. The Bertz CT molecular complexity index is 1110. The molecular weight excluding hydrogens is 426 g/mol. The highest BCUT2D eigenvalue weighted by molar-refractivity contribution is 6.06. The van der Waals surface area contributed by atoms with Crippen LogP contribution in [0, 0.1) is 11.6 Å². The van der Waals surface area contributed by atoms with E-state index in [0.29, 0.717) is 30.8 Å². The Hall–Kier alpha value is -3.45. The fourth-order valence-electron chi connectivity index (χ4n) is 4.27. The monoisotopic (exact) mass is 452 g/mol. The maximum absolute atomic E-state index is 14.4. The number of halogens is 2. The minimum absolute atomic E-state index is 0.000410. The Morgan fingerprint density at radius 1 is 1.06 bits per heavy atom. The van der Waals surface area contributed by atoms with Gasteiger partial charge < -0.3 is 14.7 Å². The minimum atomic E-state index is -0.576. The highest BCUT2D eigenvalue weighted by atomic mass is 19.1. The third-order valence-corrected chi connectivity index (χ3v) is 6.00. The van der Waals surface area contributed by atoms with Gasteiger partial charge in [-0.1, -0.05) is 18.2 Å². The first kappa shape index (κ1) is 22.7. The zero-order chi connectivity index (χ0) is 23.4. The maximum Gasteiger partial charge on any atom is 0.261 e. The maximum atomic E-state index is 14.4. The lowest BCUT2D eigenvalue weighted by Crippen LogP contribution is -2.47. The summed E-state index contributed by atoms with van der Waals surface area (Å²) < 4.78 is 33.1. The van der Waals surface area contributed by atoms with Crippen LogP contribution in [0.4, 0.5) is 14.5 Å². The number of hydrogen-bond donors (Lipinski definition) is 1. The molecule has 4 rings (SSSR count). The van der Waals surface area contributed by atoms with Gasteiger partial charge in [0.1, 0.15) is 11.6 Å². The average molecular weight is 453 g/mol. The number of carbonyl (C=O) groups excluding carboxylic acids is 1. The highest BCUT2D eigenvalue weighted by Crippen LogP contribution is 2.29. The molecule has 0 saturated carbocycles. The van der Waals surface area contributed by atoms with Gasteiger partial charge in [0.15, 0.2) is 11.5 Å². The number of nitrogens with zero attached hydrogens (tertiary/aromatic N) is 2. The first-order valence-electron chi connectivity index (χ1n) is 10.9. The van der Waals surface area contributed by atoms with Crippen LogP contribution >= 0.6 is 0 Å². The number of hydrogen-bond acceptors (Lipinski definition) is 4. The second-order valence-corrected chi connectivity index (χ2v) is 8.14. The number of anilines is 1. The number of amides is 1. The summed E-state index contributed by atoms with van der Waals surface area (Å²) in [6.07, 6.45) is 1.37. The van der Waals surface area contributed by atoms with Crippen molar-refractivity contribution in [3.8, 4) is 11.5 Å². The van der Waals surface area contributed by atoms with E-state index in [1.807, 2.05) is 12.1 Å². The van der Waals surface area contributed by atoms with Crippen LogP contribution in [0.3, 0.4) is 0 Å². The third-order valence-electron chi connectivity index (χ3n) is 6.00. The van der Waals surface area contributed by atoms with E-state index < -0.39 is 17.5 Å². The smallest absolute Gasteiger partial charge is 0.261 e. The molecule has 0 unspecified atom stereocenters. The standard InChI is InChI=1S/C26H26F2N2O3/c1-33-25-16-18(6-11-24(25)31)17-29-14-12-21(13-15-29)30(20-9-7-19(27)8-10-20)26(32)22-4-2-3-5-23(22)28/h2-11,16,21,31H,12-15,17H2,1H3. The topological polar surface area (TPSA) is 53.0 Å². The molecule has 0 bridgehead atoms. The van der Waals surface area contributed by atoms with Gasteiger partial charge in [-0.25, -0.2) is 8.78 Å². The van der Waals surface area contributed by atoms with Crippen molar-refractivity contribution in [3.63, 3.8) is 0 Å². The Morgan fingerprint density at radius 2 is 1.76 bits per heavy atom. The first-order valence-corrected chi connectivity index (χ1v) is 10.9. The lowest BCUT2D eigenvalue weighted by molar-refractivity contribution is 0.0954. The number of methoxy groups -OCH3 is 1. The normalized spacial score (nSPS) is 14.8. The lowest BCUT2D eigenvalue weighted by atomic mass is 10.00. The molecule has 0 aromatic heterocycles. The Balaban J connectivity index is 1.51. The van der Waals surface area contributed by atoms with Gasteiger partial charge in [0.2, 0.25) is 0 Å². The summed E-state index contributed by atoms with van der Waals surface area (Å²) in [6.45, 7) is 2.15. The number of likely N-dealkylation sites (tertiary alicyclic amines) is 1. The van der Waals surface area contributed by atoms with Crippen molar-refractivity contribution in [2.75, 3.05) is 25.1 Å². The van der Waals surface area contributed by atoms with Crippen molar-refractivity contribution >= 4 is 11.6 Å². The van der Waals surface area contributed by atoms with E-state index in [2.05, 4.69) is 4.90 Å². The van der Waals surface area contributed by atoms with Gasteiger partial charge in [-0.05, 0) is 66.9 Å². The molecule has 1 aliphatic heterocycles. The van der Waals surface area contributed by atoms with Crippen LogP contribution in [-0.4, -0.2) is 42.2 Å². The summed E-state index contributed by atoms with van der Waals surface area (Å²) in [6, 6.07) is 16.8. The molecule has 1 saturated heterocycles. The number of carbonyl (C=O) groups is 1. The van der Waals surface area contributed by atoms with Gasteiger partial charge in [0.25, 0.3) is 5.91 Å². The van der Waals surface area contributed by atoms with Crippen molar-refractivity contribution < 1.29 is 23.4 Å². The minimum Gasteiger partial charge on any atom is -0.504 e. The number of aromatic hydroxyl groups is 1. The van der Waals surface area contributed by atoms with E-state index >= 15 is 0 Å². The molecule has 0 spiro atoms. The molecule has 7 heteroatoms. The molecule has 3 aromatic carbocycles. The van der Waals surface area contributed by atoms with E-state index in [4.69, 9.17) is 4.74 Å². The second kappa shape index (κ2) is 10.0. The number of phenols is 1. The largest absolute Gasteiger partial charge is 0.504 e. The molecule has 0 atom stereocenters. The van der Waals surface area contributed by atoms with Gasteiger partial charge in [0.05, 0.1) is 12.7 Å². The number of phenolic OH excluding ortho intramolecular Hbond substituents is 1. The molecule has 1 heterocycles. The van der Waals surface area contributed by atoms with Crippen molar-refractivity contribution in [1.29, 1.82) is 0 Å². The summed E-state index contributed by atoms with van der Waals surface area (Å²) in [5.74, 6) is -0.868. The molecule has 172 valence electrons. The molecular formula is C26H26F2N2O3. The molecule has 1 aliphatic rings. The summed E-state index contributed by atoms with van der Waals surface area (Å²) in [5, 5.41) is 9.80. The number of rotatable bonds is 6. The zero-order valence-corrected chi connectivity index (χ0v) is 18.4. The van der Waals surface area contributed by atoms with E-state index in [1.165, 1.54) is 31.4 Å². The quantitative estimate of drug-likeness (QED) is 0.573. The Morgan fingerprint density at radius 3 is 2.42 bits per heavy atom. The third kappa shape index (κ3) is 5.14. The van der Waals surface area contributed by atoms with Gasteiger partial charge in [0, 0.05) is 31.4 Å². The fraction of sp³-hybridized carbons (Fsp3) is 0.269. The summed E-state index contributed by atoms with van der Waals surface area (Å²) in [7, 11) is 1.51. The first-order chi connectivity index (χ1) is 16.0. The highest BCUT2D eigenvalue weighted by Gasteiger charge is 2.31. The molecule has 1 N–H and O–H groups in total. The predicted octanol–water partition coefficient (Wildman–Crippen LogP) is 4.99. The second-order valence-electron chi connectivity index (χ2n) is 8.14. The van der Waals surface area contributed by atoms with E-state index in [9.17, 15) is 18.7 Å². The van der Waals surface area contributed by atoms with Crippen LogP contribution in [0.25, 0.3) is 0 Å². The molecule has 33 heavy (non-hydrogen) atoms. The van der Waals surface area contributed by atoms with Crippen LogP contribution < -0.4 is 9.64 Å². The van der Waals surface area contributed by atoms with Gasteiger partial charge >= 0.3 is 0 Å². The van der Waals surface area contributed by atoms with Crippen LogP contribution in [0.5, 0.6) is 11.5 Å². The summed E-state index contributed by atoms with van der Waals surface area (Å²) >= 11 is 0. The van der Waals surface area contributed by atoms with E-state index in [-0.39, 0.29) is 17.4 Å². The fourth-order valence-corrected chi connectivity index (χ4v) is 4.27. The molecule has 1 amide bonds. The molecule has 5 nitrogen and oxygen atoms in total. The summed E-state index contributed by atoms with van der Waals surface area (Å²) in [5.41, 5.74) is 1.56. The van der Waals surface area contributed by atoms with Gasteiger partial charge in [-0.2, -0.15) is 0 Å². The summed E-state index contributed by atoms with van der Waals surface area (Å²) in [4.78, 5) is 17.2. The zero-order valence-electron chi connectivity index (χ0n) is 18.4.